The summed E-state index contributed by atoms with van der Waals surface area (Å²) in [5.41, 5.74) is 1.64. The fourth-order valence-electron chi connectivity index (χ4n) is 5.36. The molecule has 2 aromatic heterocycles. The number of benzene rings is 1. The van der Waals surface area contributed by atoms with E-state index in [-0.39, 0.29) is 30.2 Å². The first-order valence-electron chi connectivity index (χ1n) is 13.7. The van der Waals surface area contributed by atoms with Gasteiger partial charge in [-0.25, -0.2) is 15.0 Å². The Bertz CT molecular complexity index is 1450. The standard InChI is InChI=1S/C29H34Cl2N6O5/c1-6-23(38)33-18-7-8-41-14-20(18)35-29-32-11-17-9-19(24-25(30)21(39-4)10-22(40-5)26(24)31)34-28(27(17)36-29)37-12-15(2)42-16(3)13-37/h6,9-11,15-16,18,20H,1,7-8,12-14H2,2-5H3,(H,33,38)(H,32,35,36)/t15?,16?,18-,20+/m0/s1. The predicted octanol–water partition coefficient (Wildman–Crippen LogP) is 4.50. The van der Waals surface area contributed by atoms with E-state index in [9.17, 15) is 4.79 Å². The molecule has 2 aliphatic rings. The van der Waals surface area contributed by atoms with E-state index in [0.29, 0.717) is 82.8 Å². The summed E-state index contributed by atoms with van der Waals surface area (Å²) in [5.74, 6) is 1.61. The normalized spacial score (nSPS) is 22.5. The average molecular weight is 618 g/mol. The van der Waals surface area contributed by atoms with Gasteiger partial charge in [0, 0.05) is 42.9 Å². The van der Waals surface area contributed by atoms with Gasteiger partial charge < -0.3 is 34.5 Å². The maximum absolute atomic E-state index is 12.0. The molecule has 4 heterocycles. The predicted molar refractivity (Wildman–Crippen MR) is 163 cm³/mol. The van der Waals surface area contributed by atoms with E-state index in [1.54, 1.807) is 12.3 Å². The zero-order chi connectivity index (χ0) is 30.0. The number of hydrogen-bond acceptors (Lipinski definition) is 10. The Hall–Kier alpha value is -3.38. The molecule has 4 atom stereocenters. The number of fused-ring (bicyclic) bond motifs is 1. The Morgan fingerprint density at radius 2 is 1.79 bits per heavy atom. The minimum atomic E-state index is -0.241. The molecule has 0 radical (unpaired) electrons. The number of morpholine rings is 1. The third-order valence-electron chi connectivity index (χ3n) is 7.28. The first kappa shape index (κ1) is 30.1. The Kier molecular flexibility index (Phi) is 9.22. The van der Waals surface area contributed by atoms with E-state index >= 15 is 0 Å². The summed E-state index contributed by atoms with van der Waals surface area (Å²) in [6.45, 7) is 9.76. The fourth-order valence-corrected chi connectivity index (χ4v) is 6.06. The van der Waals surface area contributed by atoms with Gasteiger partial charge in [-0.3, -0.25) is 4.79 Å². The molecule has 2 saturated heterocycles. The highest BCUT2D eigenvalue weighted by atomic mass is 35.5. The molecule has 1 aromatic carbocycles. The number of carbonyl (C=O) groups excluding carboxylic acids is 1. The maximum atomic E-state index is 12.0. The minimum Gasteiger partial charge on any atom is -0.495 e. The van der Waals surface area contributed by atoms with Crippen LogP contribution in [0.5, 0.6) is 11.5 Å². The van der Waals surface area contributed by atoms with E-state index < -0.39 is 0 Å². The monoisotopic (exact) mass is 616 g/mol. The highest BCUT2D eigenvalue weighted by Crippen LogP contribution is 2.46. The van der Waals surface area contributed by atoms with Crippen molar-refractivity contribution in [3.05, 3.63) is 41.0 Å². The lowest BCUT2D eigenvalue weighted by Gasteiger charge is -2.36. The molecular formula is C29H34Cl2N6O5. The molecule has 13 heteroatoms. The van der Waals surface area contributed by atoms with Crippen molar-refractivity contribution in [3.63, 3.8) is 0 Å². The molecule has 0 aliphatic carbocycles. The topological polar surface area (TPSA) is 120 Å². The molecule has 3 aromatic rings. The summed E-state index contributed by atoms with van der Waals surface area (Å²) in [5, 5.41) is 7.68. The van der Waals surface area contributed by atoms with Crippen LogP contribution in [0.15, 0.2) is 31.0 Å². The van der Waals surface area contributed by atoms with E-state index in [1.807, 2.05) is 19.9 Å². The highest BCUT2D eigenvalue weighted by molar-refractivity contribution is 6.41. The molecule has 0 bridgehead atoms. The number of nitrogens with one attached hydrogen (secondary N) is 2. The molecular weight excluding hydrogens is 583 g/mol. The van der Waals surface area contributed by atoms with Crippen LogP contribution in [-0.4, -0.2) is 85.7 Å². The summed E-state index contributed by atoms with van der Waals surface area (Å²) >= 11 is 13.6. The Morgan fingerprint density at radius 1 is 1.10 bits per heavy atom. The first-order chi connectivity index (χ1) is 20.2. The molecule has 2 aliphatic heterocycles. The molecule has 42 heavy (non-hydrogen) atoms. The summed E-state index contributed by atoms with van der Waals surface area (Å²) in [7, 11) is 3.06. The zero-order valence-electron chi connectivity index (χ0n) is 23.9. The van der Waals surface area contributed by atoms with Crippen LogP contribution >= 0.6 is 23.2 Å². The Morgan fingerprint density at radius 3 is 2.43 bits per heavy atom. The molecule has 5 rings (SSSR count). The molecule has 224 valence electrons. The van der Waals surface area contributed by atoms with Gasteiger partial charge in [0.2, 0.25) is 11.9 Å². The third-order valence-corrected chi connectivity index (χ3v) is 8.03. The molecule has 0 saturated carbocycles. The van der Waals surface area contributed by atoms with Crippen LogP contribution in [0.4, 0.5) is 11.8 Å². The number of nitrogens with zero attached hydrogens (tertiary/aromatic N) is 4. The van der Waals surface area contributed by atoms with Crippen LogP contribution in [0.3, 0.4) is 0 Å². The van der Waals surface area contributed by atoms with Crippen LogP contribution in [-0.2, 0) is 14.3 Å². The van der Waals surface area contributed by atoms with Crippen molar-refractivity contribution in [3.8, 4) is 22.8 Å². The van der Waals surface area contributed by atoms with Gasteiger partial charge in [-0.05, 0) is 32.4 Å². The summed E-state index contributed by atoms with van der Waals surface area (Å²) in [4.78, 5) is 28.7. The maximum Gasteiger partial charge on any atom is 0.243 e. The Balaban J connectivity index is 1.61. The van der Waals surface area contributed by atoms with Crippen LogP contribution < -0.4 is 25.0 Å². The number of methoxy groups -OCH3 is 2. The largest absolute Gasteiger partial charge is 0.495 e. The highest BCUT2D eigenvalue weighted by Gasteiger charge is 2.30. The van der Waals surface area contributed by atoms with Gasteiger partial charge in [-0.1, -0.05) is 29.8 Å². The van der Waals surface area contributed by atoms with E-state index in [0.717, 1.165) is 5.39 Å². The first-order valence-corrected chi connectivity index (χ1v) is 14.4. The van der Waals surface area contributed by atoms with Crippen molar-refractivity contribution in [2.75, 3.05) is 50.7 Å². The van der Waals surface area contributed by atoms with Crippen molar-refractivity contribution in [1.29, 1.82) is 0 Å². The third kappa shape index (κ3) is 6.19. The number of pyridine rings is 1. The van der Waals surface area contributed by atoms with E-state index in [2.05, 4.69) is 27.1 Å². The second kappa shape index (κ2) is 12.9. The second-order valence-corrected chi connectivity index (χ2v) is 11.1. The molecule has 2 unspecified atom stereocenters. The number of anilines is 2. The molecule has 2 fully saturated rings. The van der Waals surface area contributed by atoms with Crippen LogP contribution in [0, 0.1) is 0 Å². The number of ether oxygens (including phenoxy) is 4. The van der Waals surface area contributed by atoms with Gasteiger partial charge in [0.25, 0.3) is 0 Å². The second-order valence-electron chi connectivity index (χ2n) is 10.3. The van der Waals surface area contributed by atoms with Crippen LogP contribution in [0.2, 0.25) is 10.0 Å². The van der Waals surface area contributed by atoms with Gasteiger partial charge in [0.05, 0.1) is 60.9 Å². The van der Waals surface area contributed by atoms with Gasteiger partial charge >= 0.3 is 0 Å². The lowest BCUT2D eigenvalue weighted by molar-refractivity contribution is -0.117. The van der Waals surface area contributed by atoms with Crippen molar-refractivity contribution >= 4 is 51.8 Å². The van der Waals surface area contributed by atoms with Crippen molar-refractivity contribution in [1.82, 2.24) is 20.3 Å². The SMILES string of the molecule is C=CC(=O)N[C@H]1CCOC[C@H]1Nc1ncc2cc(-c3c(Cl)c(OC)cc(OC)c3Cl)nc(N3CC(C)OC(C)C3)c2n1. The molecule has 2 N–H and O–H groups in total. The van der Waals surface area contributed by atoms with Crippen molar-refractivity contribution in [2.24, 2.45) is 0 Å². The summed E-state index contributed by atoms with van der Waals surface area (Å²) in [6.07, 6.45) is 3.59. The zero-order valence-corrected chi connectivity index (χ0v) is 25.5. The number of halogens is 2. The van der Waals surface area contributed by atoms with Gasteiger partial charge in [-0.2, -0.15) is 0 Å². The lowest BCUT2D eigenvalue weighted by atomic mass is 10.0. The van der Waals surface area contributed by atoms with Crippen LogP contribution in [0.1, 0.15) is 20.3 Å². The number of carbonyl (C=O) groups is 1. The number of rotatable bonds is 8. The summed E-state index contributed by atoms with van der Waals surface area (Å²) < 4.78 is 22.7. The fraction of sp³-hybridized carbons (Fsp3) is 0.448. The smallest absolute Gasteiger partial charge is 0.243 e. The number of amides is 1. The summed E-state index contributed by atoms with van der Waals surface area (Å²) in [6, 6.07) is 3.08. The number of hydrogen-bond donors (Lipinski definition) is 2. The number of aromatic nitrogens is 3. The van der Waals surface area contributed by atoms with E-state index in [1.165, 1.54) is 20.3 Å². The quantitative estimate of drug-likeness (QED) is 0.350. The lowest BCUT2D eigenvalue weighted by Crippen LogP contribution is -2.52. The minimum absolute atomic E-state index is 0.0219. The van der Waals surface area contributed by atoms with Gasteiger partial charge in [-0.15, -0.1) is 0 Å². The molecule has 0 spiro atoms. The van der Waals surface area contributed by atoms with Crippen molar-refractivity contribution in [2.45, 2.75) is 44.6 Å². The molecule has 11 nitrogen and oxygen atoms in total. The van der Waals surface area contributed by atoms with Crippen LogP contribution in [0.25, 0.3) is 22.2 Å². The van der Waals surface area contributed by atoms with Crippen molar-refractivity contribution < 1.29 is 23.7 Å². The molecule has 1 amide bonds. The average Bonchev–Trinajstić information content (AvgIpc) is 2.97. The van der Waals surface area contributed by atoms with Gasteiger partial charge in [0.15, 0.2) is 5.82 Å². The van der Waals surface area contributed by atoms with Gasteiger partial charge in [0.1, 0.15) is 17.0 Å². The van der Waals surface area contributed by atoms with E-state index in [4.69, 9.17) is 52.1 Å². The Labute approximate surface area is 254 Å².